The van der Waals surface area contributed by atoms with Crippen LogP contribution in [0.3, 0.4) is 0 Å². The summed E-state index contributed by atoms with van der Waals surface area (Å²) in [6.07, 6.45) is 0.131. The van der Waals surface area contributed by atoms with Gasteiger partial charge >= 0.3 is 0 Å². The van der Waals surface area contributed by atoms with Crippen molar-refractivity contribution in [2.24, 2.45) is 4.99 Å². The number of aliphatic imine (C=N–C) groups is 1. The summed E-state index contributed by atoms with van der Waals surface area (Å²) in [4.78, 5) is 26.6. The van der Waals surface area contributed by atoms with Crippen LogP contribution >= 0.6 is 0 Å². The lowest BCUT2D eigenvalue weighted by Gasteiger charge is -2.03. The summed E-state index contributed by atoms with van der Waals surface area (Å²) in [7, 11) is 0. The second kappa shape index (κ2) is 5.16. The van der Waals surface area contributed by atoms with Gasteiger partial charge in [-0.2, -0.15) is 0 Å². The third-order valence-electron chi connectivity index (χ3n) is 3.17. The summed E-state index contributed by atoms with van der Waals surface area (Å²) in [6, 6.07) is 13.3. The molecule has 0 radical (unpaired) electrons. The number of carbonyl (C=O) groups excluding carboxylic acids is 1. The van der Waals surface area contributed by atoms with Crippen LogP contribution in [0.15, 0.2) is 53.5 Å². The van der Waals surface area contributed by atoms with Gasteiger partial charge in [0, 0.05) is 12.1 Å². The van der Waals surface area contributed by atoms with Crippen LogP contribution in [0.25, 0.3) is 0 Å². The highest BCUT2D eigenvalue weighted by Gasteiger charge is 2.17. The Hall–Kier alpha value is -3.02. The van der Waals surface area contributed by atoms with Crippen molar-refractivity contribution in [3.63, 3.8) is 0 Å². The summed E-state index contributed by atoms with van der Waals surface area (Å²) in [5.74, 6) is -0.156. The topological polar surface area (TPSA) is 84.6 Å². The van der Waals surface area contributed by atoms with Crippen molar-refractivity contribution >= 4 is 28.7 Å². The number of nitrogens with one attached hydrogen (secondary N) is 1. The molecule has 0 saturated heterocycles. The number of anilines is 1. The van der Waals surface area contributed by atoms with Gasteiger partial charge in [0.25, 0.3) is 5.69 Å². The van der Waals surface area contributed by atoms with Crippen LogP contribution in [0.2, 0.25) is 0 Å². The van der Waals surface area contributed by atoms with Gasteiger partial charge in [-0.05, 0) is 29.8 Å². The van der Waals surface area contributed by atoms with Gasteiger partial charge in [-0.3, -0.25) is 19.9 Å². The zero-order valence-electron chi connectivity index (χ0n) is 10.9. The standard InChI is InChI=1S/C15H11N3O3/c19-15-9-14(10-5-7-11(8-6-10)18(20)21)16-12-3-1-2-4-13(12)17-15/h1-8H,9H2,(H,17,19). The Morgan fingerprint density at radius 2 is 1.81 bits per heavy atom. The molecule has 6 nitrogen and oxygen atoms in total. The fourth-order valence-electron chi connectivity index (χ4n) is 2.15. The molecule has 0 unspecified atom stereocenters. The van der Waals surface area contributed by atoms with Crippen LogP contribution in [-0.4, -0.2) is 16.5 Å². The van der Waals surface area contributed by atoms with E-state index in [0.29, 0.717) is 22.6 Å². The first kappa shape index (κ1) is 13.0. The van der Waals surface area contributed by atoms with Crippen LogP contribution in [0.5, 0.6) is 0 Å². The lowest BCUT2D eigenvalue weighted by atomic mass is 10.1. The van der Waals surface area contributed by atoms with Crippen molar-refractivity contribution in [3.8, 4) is 0 Å². The summed E-state index contributed by atoms with van der Waals surface area (Å²) < 4.78 is 0. The van der Waals surface area contributed by atoms with Crippen LogP contribution in [0.1, 0.15) is 12.0 Å². The van der Waals surface area contributed by atoms with E-state index in [2.05, 4.69) is 10.3 Å². The molecule has 0 saturated carbocycles. The normalized spacial score (nSPS) is 13.7. The van der Waals surface area contributed by atoms with Gasteiger partial charge in [0.15, 0.2) is 0 Å². The number of nitro benzene ring substituents is 1. The number of nitro groups is 1. The maximum Gasteiger partial charge on any atom is 0.269 e. The van der Waals surface area contributed by atoms with Gasteiger partial charge in [0.2, 0.25) is 5.91 Å². The Kier molecular flexibility index (Phi) is 3.19. The van der Waals surface area contributed by atoms with E-state index >= 15 is 0 Å². The Morgan fingerprint density at radius 3 is 2.52 bits per heavy atom. The molecule has 1 aliphatic heterocycles. The molecule has 0 aliphatic carbocycles. The second-order valence-electron chi connectivity index (χ2n) is 4.60. The van der Waals surface area contributed by atoms with E-state index in [9.17, 15) is 14.9 Å². The number of benzene rings is 2. The van der Waals surface area contributed by atoms with E-state index in [0.717, 1.165) is 0 Å². The molecule has 0 atom stereocenters. The fraction of sp³-hybridized carbons (Fsp3) is 0.0667. The van der Waals surface area contributed by atoms with Gasteiger partial charge in [-0.15, -0.1) is 0 Å². The number of amides is 1. The largest absolute Gasteiger partial charge is 0.324 e. The molecule has 104 valence electrons. The van der Waals surface area contributed by atoms with E-state index in [1.807, 2.05) is 18.2 Å². The summed E-state index contributed by atoms with van der Waals surface area (Å²) in [5.41, 5.74) is 2.65. The SMILES string of the molecule is O=C1CC(c2ccc([N+](=O)[O-])cc2)=Nc2ccccc2N1. The molecule has 2 aromatic carbocycles. The maximum absolute atomic E-state index is 11.9. The second-order valence-corrected chi connectivity index (χ2v) is 4.60. The molecule has 0 bridgehead atoms. The summed E-state index contributed by atoms with van der Waals surface area (Å²) >= 11 is 0. The van der Waals surface area contributed by atoms with Gasteiger partial charge in [0.05, 0.1) is 28.4 Å². The maximum atomic E-state index is 11.9. The predicted molar refractivity (Wildman–Crippen MR) is 79.0 cm³/mol. The monoisotopic (exact) mass is 281 g/mol. The zero-order valence-corrected chi connectivity index (χ0v) is 10.9. The van der Waals surface area contributed by atoms with E-state index < -0.39 is 4.92 Å². The third kappa shape index (κ3) is 2.64. The Morgan fingerprint density at radius 1 is 1.10 bits per heavy atom. The number of non-ortho nitro benzene ring substituents is 1. The summed E-state index contributed by atoms with van der Waals surface area (Å²) in [6.45, 7) is 0. The highest BCUT2D eigenvalue weighted by atomic mass is 16.6. The van der Waals surface area contributed by atoms with Gasteiger partial charge < -0.3 is 5.32 Å². The number of rotatable bonds is 2. The minimum Gasteiger partial charge on any atom is -0.324 e. The third-order valence-corrected chi connectivity index (χ3v) is 3.17. The first-order valence-corrected chi connectivity index (χ1v) is 6.35. The number of carbonyl (C=O) groups is 1. The molecule has 21 heavy (non-hydrogen) atoms. The Labute approximate surface area is 120 Å². The smallest absolute Gasteiger partial charge is 0.269 e. The van der Waals surface area contributed by atoms with Crippen molar-refractivity contribution in [2.75, 3.05) is 5.32 Å². The lowest BCUT2D eigenvalue weighted by molar-refractivity contribution is -0.384. The van der Waals surface area contributed by atoms with E-state index in [4.69, 9.17) is 0 Å². The molecule has 1 aliphatic rings. The van der Waals surface area contributed by atoms with Crippen molar-refractivity contribution in [2.45, 2.75) is 6.42 Å². The van der Waals surface area contributed by atoms with Crippen molar-refractivity contribution in [1.29, 1.82) is 0 Å². The minimum absolute atomic E-state index is 0.0119. The van der Waals surface area contributed by atoms with Gasteiger partial charge in [-0.25, -0.2) is 0 Å². The number of hydrogen-bond acceptors (Lipinski definition) is 4. The average Bonchev–Trinajstić information content (AvgIpc) is 2.65. The highest BCUT2D eigenvalue weighted by Crippen LogP contribution is 2.28. The quantitative estimate of drug-likeness (QED) is 0.678. The highest BCUT2D eigenvalue weighted by molar-refractivity contribution is 6.16. The summed E-state index contributed by atoms with van der Waals surface area (Å²) in [5, 5.41) is 13.5. The van der Waals surface area contributed by atoms with Crippen LogP contribution in [-0.2, 0) is 4.79 Å². The number of fused-ring (bicyclic) bond motifs is 1. The zero-order chi connectivity index (χ0) is 14.8. The lowest BCUT2D eigenvalue weighted by Crippen LogP contribution is -2.14. The van der Waals surface area contributed by atoms with Crippen molar-refractivity contribution in [3.05, 3.63) is 64.2 Å². The minimum atomic E-state index is -0.458. The van der Waals surface area contributed by atoms with Crippen LogP contribution in [0, 0.1) is 10.1 Å². The molecule has 0 fully saturated rings. The number of para-hydroxylation sites is 2. The first-order chi connectivity index (χ1) is 10.1. The molecule has 1 amide bonds. The van der Waals surface area contributed by atoms with E-state index in [-0.39, 0.29) is 18.0 Å². The number of hydrogen-bond donors (Lipinski definition) is 1. The molecule has 3 rings (SSSR count). The fourth-order valence-corrected chi connectivity index (χ4v) is 2.15. The van der Waals surface area contributed by atoms with Crippen molar-refractivity contribution < 1.29 is 9.72 Å². The first-order valence-electron chi connectivity index (χ1n) is 6.35. The Bertz CT molecular complexity index is 751. The van der Waals surface area contributed by atoms with Crippen LogP contribution < -0.4 is 5.32 Å². The molecule has 2 aromatic rings. The molecular weight excluding hydrogens is 270 g/mol. The van der Waals surface area contributed by atoms with Crippen molar-refractivity contribution in [1.82, 2.24) is 0 Å². The molecule has 1 heterocycles. The average molecular weight is 281 g/mol. The molecule has 1 N–H and O–H groups in total. The Balaban J connectivity index is 2.03. The molecule has 6 heteroatoms. The molecular formula is C15H11N3O3. The molecule has 0 aromatic heterocycles. The van der Waals surface area contributed by atoms with E-state index in [1.54, 1.807) is 18.2 Å². The van der Waals surface area contributed by atoms with Gasteiger partial charge in [-0.1, -0.05) is 12.1 Å². The van der Waals surface area contributed by atoms with Crippen LogP contribution in [0.4, 0.5) is 17.1 Å². The number of nitrogens with zero attached hydrogens (tertiary/aromatic N) is 2. The molecule has 0 spiro atoms. The van der Waals surface area contributed by atoms with E-state index in [1.165, 1.54) is 12.1 Å². The van der Waals surface area contributed by atoms with Gasteiger partial charge in [0.1, 0.15) is 0 Å². The predicted octanol–water partition coefficient (Wildman–Crippen LogP) is 3.06.